The first kappa shape index (κ1) is 22.3. The molecule has 0 bridgehead atoms. The minimum atomic E-state index is -0.559. The Balaban J connectivity index is 1.38. The zero-order chi connectivity index (χ0) is 22.4. The smallest absolute Gasteiger partial charge is 0.226 e. The predicted octanol–water partition coefficient (Wildman–Crippen LogP) is 3.87. The van der Waals surface area contributed by atoms with Crippen LogP contribution in [0.5, 0.6) is 5.75 Å². The van der Waals surface area contributed by atoms with Crippen LogP contribution in [0.3, 0.4) is 0 Å². The molecular formula is C25H29FN2O4. The predicted molar refractivity (Wildman–Crippen MR) is 119 cm³/mol. The van der Waals surface area contributed by atoms with Gasteiger partial charge >= 0.3 is 0 Å². The molecule has 1 saturated heterocycles. The van der Waals surface area contributed by atoms with Gasteiger partial charge in [-0.25, -0.2) is 4.39 Å². The van der Waals surface area contributed by atoms with Crippen LogP contribution in [0.2, 0.25) is 0 Å². The molecule has 2 aromatic carbocycles. The van der Waals surface area contributed by atoms with Gasteiger partial charge in [-0.15, -0.1) is 0 Å². The van der Waals surface area contributed by atoms with E-state index in [1.54, 1.807) is 13.2 Å². The summed E-state index contributed by atoms with van der Waals surface area (Å²) in [4.78, 5) is 19.0. The fraction of sp³-hybridized carbons (Fsp3) is 0.440. The zero-order valence-electron chi connectivity index (χ0n) is 18.3. The van der Waals surface area contributed by atoms with Crippen LogP contribution in [0.15, 0.2) is 53.7 Å². The summed E-state index contributed by atoms with van der Waals surface area (Å²) in [5, 5.41) is 7.37. The van der Waals surface area contributed by atoms with E-state index in [1.165, 1.54) is 12.1 Å². The molecule has 2 aliphatic heterocycles. The van der Waals surface area contributed by atoms with Crippen molar-refractivity contribution in [3.63, 3.8) is 0 Å². The fourth-order valence-electron chi connectivity index (χ4n) is 4.50. The third kappa shape index (κ3) is 5.10. The SMILES string of the molecule is COc1ccccc1C1=NO[C@@H](CC2(C(=O)NCCc3cccc(F)c3)CCOCC2)C1. The standard InChI is InChI=1S/C25H29FN2O4/c1-30-23-8-3-2-7-21(23)22-16-20(32-28-22)17-25(10-13-31-14-11-25)24(29)27-12-9-18-5-4-6-19(26)15-18/h2-8,15,20H,9-14,16-17H2,1H3,(H,27,29)/t20-/m1/s1. The lowest BCUT2D eigenvalue weighted by molar-refractivity contribution is -0.140. The Morgan fingerprint density at radius 3 is 2.81 bits per heavy atom. The number of carbonyl (C=O) groups excluding carboxylic acids is 1. The minimum absolute atomic E-state index is 0.00606. The summed E-state index contributed by atoms with van der Waals surface area (Å²) < 4.78 is 24.4. The number of methoxy groups -OCH3 is 1. The molecule has 32 heavy (non-hydrogen) atoms. The summed E-state index contributed by atoms with van der Waals surface area (Å²) in [7, 11) is 1.64. The van der Waals surface area contributed by atoms with Gasteiger partial charge in [0, 0.05) is 38.2 Å². The third-order valence-corrected chi connectivity index (χ3v) is 6.29. The minimum Gasteiger partial charge on any atom is -0.496 e. The number of benzene rings is 2. The first-order valence-corrected chi connectivity index (χ1v) is 11.1. The summed E-state index contributed by atoms with van der Waals surface area (Å²) in [5.74, 6) is 0.497. The van der Waals surface area contributed by atoms with Gasteiger partial charge in [0.2, 0.25) is 5.91 Å². The van der Waals surface area contributed by atoms with Crippen LogP contribution >= 0.6 is 0 Å². The van der Waals surface area contributed by atoms with E-state index >= 15 is 0 Å². The van der Waals surface area contributed by atoms with Gasteiger partial charge in [0.05, 0.1) is 18.2 Å². The van der Waals surface area contributed by atoms with Gasteiger partial charge in [0.1, 0.15) is 17.7 Å². The van der Waals surface area contributed by atoms with Crippen molar-refractivity contribution in [1.82, 2.24) is 5.32 Å². The van der Waals surface area contributed by atoms with Gasteiger partial charge in [0.15, 0.2) is 0 Å². The molecule has 1 atom stereocenters. The monoisotopic (exact) mass is 440 g/mol. The highest BCUT2D eigenvalue weighted by atomic mass is 19.1. The molecule has 170 valence electrons. The Morgan fingerprint density at radius 1 is 1.22 bits per heavy atom. The highest BCUT2D eigenvalue weighted by Crippen LogP contribution is 2.39. The van der Waals surface area contributed by atoms with E-state index in [-0.39, 0.29) is 17.8 Å². The number of halogens is 1. The van der Waals surface area contributed by atoms with Crippen LogP contribution in [0, 0.1) is 11.2 Å². The summed E-state index contributed by atoms with van der Waals surface area (Å²) in [6.45, 7) is 1.55. The topological polar surface area (TPSA) is 69.2 Å². The van der Waals surface area contributed by atoms with E-state index < -0.39 is 5.41 Å². The van der Waals surface area contributed by atoms with Gasteiger partial charge in [-0.1, -0.05) is 29.4 Å². The number of rotatable bonds is 8. The maximum atomic E-state index is 13.4. The van der Waals surface area contributed by atoms with E-state index in [0.717, 1.165) is 22.6 Å². The number of para-hydroxylation sites is 1. The Hall–Kier alpha value is -2.93. The average Bonchev–Trinajstić information content (AvgIpc) is 3.27. The summed E-state index contributed by atoms with van der Waals surface area (Å²) in [5.41, 5.74) is 2.05. The lowest BCUT2D eigenvalue weighted by Crippen LogP contribution is -2.47. The molecular weight excluding hydrogens is 411 g/mol. The van der Waals surface area contributed by atoms with Crippen molar-refractivity contribution >= 4 is 11.6 Å². The van der Waals surface area contributed by atoms with E-state index in [0.29, 0.717) is 51.9 Å². The van der Waals surface area contributed by atoms with Crippen molar-refractivity contribution < 1.29 is 23.5 Å². The summed E-state index contributed by atoms with van der Waals surface area (Å²) in [6, 6.07) is 14.2. The zero-order valence-corrected chi connectivity index (χ0v) is 18.3. The highest BCUT2D eigenvalue weighted by molar-refractivity contribution is 6.03. The van der Waals surface area contributed by atoms with Gasteiger partial charge in [-0.3, -0.25) is 4.79 Å². The summed E-state index contributed by atoms with van der Waals surface area (Å²) >= 11 is 0. The molecule has 0 aromatic heterocycles. The van der Waals surface area contributed by atoms with Crippen LogP contribution < -0.4 is 10.1 Å². The lowest BCUT2D eigenvalue weighted by atomic mass is 9.74. The van der Waals surface area contributed by atoms with Crippen LogP contribution in [0.1, 0.15) is 36.8 Å². The number of amides is 1. The Labute approximate surface area is 187 Å². The van der Waals surface area contributed by atoms with Crippen LogP contribution in [0.25, 0.3) is 0 Å². The molecule has 0 spiro atoms. The van der Waals surface area contributed by atoms with Crippen molar-refractivity contribution in [2.45, 2.75) is 38.2 Å². The van der Waals surface area contributed by atoms with E-state index in [2.05, 4.69) is 10.5 Å². The number of nitrogens with zero attached hydrogens (tertiary/aromatic N) is 1. The Morgan fingerprint density at radius 2 is 2.03 bits per heavy atom. The number of nitrogens with one attached hydrogen (secondary N) is 1. The maximum Gasteiger partial charge on any atom is 0.226 e. The molecule has 7 heteroatoms. The van der Waals surface area contributed by atoms with Crippen molar-refractivity contribution in [1.29, 1.82) is 0 Å². The van der Waals surface area contributed by atoms with E-state index in [9.17, 15) is 9.18 Å². The quantitative estimate of drug-likeness (QED) is 0.677. The second-order valence-corrected chi connectivity index (χ2v) is 8.40. The second-order valence-electron chi connectivity index (χ2n) is 8.40. The maximum absolute atomic E-state index is 13.4. The van der Waals surface area contributed by atoms with E-state index in [4.69, 9.17) is 14.3 Å². The number of ether oxygens (including phenoxy) is 2. The van der Waals surface area contributed by atoms with Gasteiger partial charge in [-0.2, -0.15) is 0 Å². The summed E-state index contributed by atoms with van der Waals surface area (Å²) in [6.07, 6.45) is 2.88. The molecule has 0 saturated carbocycles. The molecule has 1 fully saturated rings. The largest absolute Gasteiger partial charge is 0.496 e. The van der Waals surface area contributed by atoms with Crippen LogP contribution in [0.4, 0.5) is 4.39 Å². The molecule has 0 aliphatic carbocycles. The van der Waals surface area contributed by atoms with Gasteiger partial charge in [-0.05, 0) is 49.1 Å². The van der Waals surface area contributed by atoms with Crippen LogP contribution in [-0.4, -0.2) is 44.6 Å². The average molecular weight is 441 g/mol. The molecule has 1 N–H and O–H groups in total. The van der Waals surface area contributed by atoms with Crippen molar-refractivity contribution in [3.05, 3.63) is 65.5 Å². The molecule has 6 nitrogen and oxygen atoms in total. The molecule has 0 radical (unpaired) electrons. The number of oxime groups is 1. The molecule has 4 rings (SSSR count). The van der Waals surface area contributed by atoms with Crippen molar-refractivity contribution in [2.24, 2.45) is 10.6 Å². The first-order valence-electron chi connectivity index (χ1n) is 11.1. The second kappa shape index (κ2) is 10.1. The first-order chi connectivity index (χ1) is 15.6. The lowest BCUT2D eigenvalue weighted by Gasteiger charge is -2.37. The normalized spacial score (nSPS) is 19.7. The van der Waals surface area contributed by atoms with Gasteiger partial charge < -0.3 is 19.6 Å². The number of hydrogen-bond acceptors (Lipinski definition) is 5. The molecule has 1 amide bonds. The molecule has 2 aromatic rings. The third-order valence-electron chi connectivity index (χ3n) is 6.29. The Bertz CT molecular complexity index is 972. The van der Waals surface area contributed by atoms with Crippen LogP contribution in [-0.2, 0) is 20.8 Å². The highest BCUT2D eigenvalue weighted by Gasteiger charge is 2.43. The fourth-order valence-corrected chi connectivity index (χ4v) is 4.50. The van der Waals surface area contributed by atoms with Crippen molar-refractivity contribution in [2.75, 3.05) is 26.9 Å². The van der Waals surface area contributed by atoms with Gasteiger partial charge in [0.25, 0.3) is 0 Å². The Kier molecular flexibility index (Phi) is 7.05. The number of hydrogen-bond donors (Lipinski definition) is 1. The van der Waals surface area contributed by atoms with Crippen molar-refractivity contribution in [3.8, 4) is 5.75 Å². The van der Waals surface area contributed by atoms with E-state index in [1.807, 2.05) is 30.3 Å². The molecule has 0 unspecified atom stereocenters. The molecule has 2 aliphatic rings. The number of carbonyl (C=O) groups is 1. The molecule has 2 heterocycles.